The van der Waals surface area contributed by atoms with Crippen molar-refractivity contribution in [3.05, 3.63) is 29.8 Å². The van der Waals surface area contributed by atoms with Crippen LogP contribution < -0.4 is 10.2 Å². The van der Waals surface area contributed by atoms with E-state index in [1.54, 1.807) is 0 Å². The molecule has 1 unspecified atom stereocenters. The van der Waals surface area contributed by atoms with Gasteiger partial charge in [-0.05, 0) is 24.0 Å². The van der Waals surface area contributed by atoms with E-state index in [-0.39, 0.29) is 0 Å². The van der Waals surface area contributed by atoms with Gasteiger partial charge in [0, 0.05) is 31.4 Å². The topological polar surface area (TPSA) is 15.3 Å². The predicted molar refractivity (Wildman–Crippen MR) is 79.0 cm³/mol. The highest BCUT2D eigenvalue weighted by Crippen LogP contribution is 2.25. The molecule has 0 aliphatic carbocycles. The molecule has 1 aromatic rings. The zero-order valence-corrected chi connectivity index (χ0v) is 11.9. The maximum absolute atomic E-state index is 3.70. The molecule has 0 amide bonds. The fourth-order valence-corrected chi connectivity index (χ4v) is 2.81. The third-order valence-corrected chi connectivity index (χ3v) is 3.58. The van der Waals surface area contributed by atoms with Crippen molar-refractivity contribution >= 4 is 5.69 Å². The van der Waals surface area contributed by atoms with Gasteiger partial charge in [0.1, 0.15) is 0 Å². The first kappa shape index (κ1) is 13.4. The summed E-state index contributed by atoms with van der Waals surface area (Å²) in [5.41, 5.74) is 2.87. The van der Waals surface area contributed by atoms with Gasteiger partial charge in [-0.25, -0.2) is 0 Å². The molecule has 2 rings (SSSR count). The van der Waals surface area contributed by atoms with Crippen molar-refractivity contribution in [3.8, 4) is 0 Å². The molecule has 18 heavy (non-hydrogen) atoms. The van der Waals surface area contributed by atoms with Crippen molar-refractivity contribution in [2.45, 2.75) is 46.2 Å². The molecular formula is C16H26N2. The molecule has 0 fully saturated rings. The number of anilines is 1. The lowest BCUT2D eigenvalue weighted by molar-refractivity contribution is 0.470. The fraction of sp³-hybridized carbons (Fsp3) is 0.625. The summed E-state index contributed by atoms with van der Waals surface area (Å²) in [4.78, 5) is 2.57. The zero-order valence-electron chi connectivity index (χ0n) is 11.9. The van der Waals surface area contributed by atoms with E-state index in [9.17, 15) is 0 Å². The molecule has 2 nitrogen and oxygen atoms in total. The van der Waals surface area contributed by atoms with Crippen molar-refractivity contribution in [1.29, 1.82) is 0 Å². The lowest BCUT2D eigenvalue weighted by Crippen LogP contribution is -2.39. The van der Waals surface area contributed by atoms with Gasteiger partial charge >= 0.3 is 0 Å². The first-order valence-electron chi connectivity index (χ1n) is 7.27. The molecule has 0 saturated carbocycles. The summed E-state index contributed by atoms with van der Waals surface area (Å²) >= 11 is 0. The van der Waals surface area contributed by atoms with Crippen LogP contribution in [0, 0.1) is 5.92 Å². The molecule has 0 saturated heterocycles. The summed E-state index contributed by atoms with van der Waals surface area (Å²) in [5.74, 6) is 0.707. The second-order valence-corrected chi connectivity index (χ2v) is 5.79. The van der Waals surface area contributed by atoms with Crippen molar-refractivity contribution in [3.63, 3.8) is 0 Å². The Labute approximate surface area is 111 Å². The number of para-hydroxylation sites is 1. The Morgan fingerprint density at radius 1 is 1.33 bits per heavy atom. The number of hydrogen-bond acceptors (Lipinski definition) is 2. The van der Waals surface area contributed by atoms with Crippen LogP contribution in [-0.2, 0) is 6.54 Å². The minimum Gasteiger partial charge on any atom is -0.369 e. The number of nitrogens with one attached hydrogen (secondary N) is 1. The van der Waals surface area contributed by atoms with E-state index in [2.05, 4.69) is 55.3 Å². The number of rotatable bonds is 4. The summed E-state index contributed by atoms with van der Waals surface area (Å²) in [6.45, 7) is 10.2. The van der Waals surface area contributed by atoms with Gasteiger partial charge in [0.05, 0.1) is 0 Å². The third kappa shape index (κ3) is 3.26. The average Bonchev–Trinajstić information content (AvgIpc) is 2.50. The Balaban J connectivity index is 2.21. The molecule has 2 heteroatoms. The first-order valence-corrected chi connectivity index (χ1v) is 7.27. The maximum atomic E-state index is 3.70. The molecule has 1 aliphatic rings. The summed E-state index contributed by atoms with van der Waals surface area (Å²) in [6.07, 6.45) is 2.52. The number of fused-ring (bicyclic) bond motifs is 1. The van der Waals surface area contributed by atoms with Crippen LogP contribution in [0.2, 0.25) is 0 Å². The minimum absolute atomic E-state index is 0.626. The summed E-state index contributed by atoms with van der Waals surface area (Å²) in [6, 6.07) is 9.46. The Morgan fingerprint density at radius 2 is 2.11 bits per heavy atom. The van der Waals surface area contributed by atoms with Crippen molar-refractivity contribution in [2.24, 2.45) is 5.92 Å². The van der Waals surface area contributed by atoms with Gasteiger partial charge in [0.15, 0.2) is 0 Å². The van der Waals surface area contributed by atoms with E-state index in [4.69, 9.17) is 0 Å². The quantitative estimate of drug-likeness (QED) is 0.875. The van der Waals surface area contributed by atoms with Gasteiger partial charge < -0.3 is 10.2 Å². The van der Waals surface area contributed by atoms with Crippen molar-refractivity contribution in [2.75, 3.05) is 18.0 Å². The van der Waals surface area contributed by atoms with Crippen LogP contribution in [0.25, 0.3) is 0 Å². The normalized spacial score (nSPS) is 19.8. The van der Waals surface area contributed by atoms with Crippen LogP contribution in [0.15, 0.2) is 24.3 Å². The van der Waals surface area contributed by atoms with Gasteiger partial charge in [-0.15, -0.1) is 0 Å². The minimum atomic E-state index is 0.626. The van der Waals surface area contributed by atoms with Gasteiger partial charge in [0.2, 0.25) is 0 Å². The first-order chi connectivity index (χ1) is 8.70. The molecule has 1 atom stereocenters. The van der Waals surface area contributed by atoms with E-state index in [1.165, 1.54) is 24.1 Å². The highest BCUT2D eigenvalue weighted by molar-refractivity contribution is 5.54. The fourth-order valence-electron chi connectivity index (χ4n) is 2.81. The Kier molecular flexibility index (Phi) is 4.65. The lowest BCUT2D eigenvalue weighted by Gasteiger charge is -2.29. The molecular weight excluding hydrogens is 220 g/mol. The third-order valence-electron chi connectivity index (χ3n) is 3.58. The molecule has 0 radical (unpaired) electrons. The molecule has 1 aliphatic heterocycles. The number of hydrogen-bond donors (Lipinski definition) is 1. The van der Waals surface area contributed by atoms with E-state index in [0.717, 1.165) is 19.6 Å². The van der Waals surface area contributed by atoms with Gasteiger partial charge in [-0.3, -0.25) is 0 Å². The van der Waals surface area contributed by atoms with Crippen LogP contribution in [0.5, 0.6) is 0 Å². The lowest BCUT2D eigenvalue weighted by atomic mass is 10.1. The second-order valence-electron chi connectivity index (χ2n) is 5.79. The highest BCUT2D eigenvalue weighted by atomic mass is 15.2. The molecule has 100 valence electrons. The van der Waals surface area contributed by atoms with Crippen LogP contribution in [0.1, 0.15) is 39.2 Å². The van der Waals surface area contributed by atoms with Gasteiger partial charge in [-0.1, -0.05) is 45.4 Å². The Bertz CT molecular complexity index is 373. The largest absolute Gasteiger partial charge is 0.369 e. The smallest absolute Gasteiger partial charge is 0.0412 e. The number of nitrogens with zero attached hydrogens (tertiary/aromatic N) is 1. The molecule has 0 spiro atoms. The SMILES string of the molecule is CCCC1CN(CC(C)C)c2ccccc2CN1. The summed E-state index contributed by atoms with van der Waals surface area (Å²) in [7, 11) is 0. The molecule has 0 bridgehead atoms. The van der Waals surface area contributed by atoms with Crippen molar-refractivity contribution < 1.29 is 0 Å². The van der Waals surface area contributed by atoms with E-state index >= 15 is 0 Å². The second kappa shape index (κ2) is 6.24. The van der Waals surface area contributed by atoms with E-state index in [0.29, 0.717) is 12.0 Å². The Morgan fingerprint density at radius 3 is 2.83 bits per heavy atom. The van der Waals surface area contributed by atoms with Crippen LogP contribution >= 0.6 is 0 Å². The van der Waals surface area contributed by atoms with E-state index < -0.39 is 0 Å². The van der Waals surface area contributed by atoms with Crippen LogP contribution in [0.3, 0.4) is 0 Å². The average molecular weight is 246 g/mol. The van der Waals surface area contributed by atoms with Crippen LogP contribution in [-0.4, -0.2) is 19.1 Å². The molecule has 1 N–H and O–H groups in total. The van der Waals surface area contributed by atoms with Gasteiger partial charge in [0.25, 0.3) is 0 Å². The maximum Gasteiger partial charge on any atom is 0.0412 e. The monoisotopic (exact) mass is 246 g/mol. The standard InChI is InChI=1S/C16H26N2/c1-4-7-15-12-18(11-13(2)3)16-9-6-5-8-14(16)10-17-15/h5-6,8-9,13,15,17H,4,7,10-12H2,1-3H3. The van der Waals surface area contributed by atoms with E-state index in [1.807, 2.05) is 0 Å². The van der Waals surface area contributed by atoms with Crippen LogP contribution in [0.4, 0.5) is 5.69 Å². The summed E-state index contributed by atoms with van der Waals surface area (Å²) < 4.78 is 0. The predicted octanol–water partition coefficient (Wildman–Crippen LogP) is 3.42. The molecule has 1 heterocycles. The Hall–Kier alpha value is -1.02. The van der Waals surface area contributed by atoms with Crippen molar-refractivity contribution in [1.82, 2.24) is 5.32 Å². The molecule has 1 aromatic carbocycles. The number of benzene rings is 1. The molecule has 0 aromatic heterocycles. The summed E-state index contributed by atoms with van der Waals surface area (Å²) in [5, 5.41) is 3.70. The van der Waals surface area contributed by atoms with Gasteiger partial charge in [-0.2, -0.15) is 0 Å². The highest BCUT2D eigenvalue weighted by Gasteiger charge is 2.20. The zero-order chi connectivity index (χ0) is 13.0.